The second-order valence-electron chi connectivity index (χ2n) is 7.17. The molecule has 0 radical (unpaired) electrons. The van der Waals surface area contributed by atoms with Crippen LogP contribution in [0.2, 0.25) is 0 Å². The van der Waals surface area contributed by atoms with E-state index < -0.39 is 0 Å². The number of nitrogens with zero attached hydrogens (tertiary/aromatic N) is 5. The van der Waals surface area contributed by atoms with Gasteiger partial charge in [-0.1, -0.05) is 30.6 Å². The van der Waals surface area contributed by atoms with Gasteiger partial charge in [0.1, 0.15) is 5.01 Å². The van der Waals surface area contributed by atoms with Gasteiger partial charge in [0.15, 0.2) is 0 Å². The van der Waals surface area contributed by atoms with Crippen molar-refractivity contribution in [2.24, 2.45) is 7.05 Å². The van der Waals surface area contributed by atoms with Gasteiger partial charge in [-0.2, -0.15) is 10.2 Å². The molecule has 0 bridgehead atoms. The van der Waals surface area contributed by atoms with Gasteiger partial charge in [0, 0.05) is 30.1 Å². The number of fused-ring (bicyclic) bond motifs is 2. The largest absolute Gasteiger partial charge is 0.275 e. The zero-order valence-corrected chi connectivity index (χ0v) is 15.4. The third-order valence-corrected chi connectivity index (χ3v) is 6.22. The highest BCUT2D eigenvalue weighted by molar-refractivity contribution is 7.19. The second kappa shape index (κ2) is 5.66. The molecule has 5 rings (SSSR count). The lowest BCUT2D eigenvalue weighted by molar-refractivity contribution is 0.438. The Morgan fingerprint density at radius 1 is 1.08 bits per heavy atom. The quantitative estimate of drug-likeness (QED) is 0.526. The molecule has 5 nitrogen and oxygen atoms in total. The summed E-state index contributed by atoms with van der Waals surface area (Å²) in [7, 11) is 1.96. The van der Waals surface area contributed by atoms with Gasteiger partial charge in [-0.05, 0) is 37.5 Å². The third kappa shape index (κ3) is 2.56. The number of hydrogen-bond acceptors (Lipinski definition) is 4. The second-order valence-corrected chi connectivity index (χ2v) is 8.12. The van der Waals surface area contributed by atoms with Crippen LogP contribution in [0.4, 0.5) is 0 Å². The van der Waals surface area contributed by atoms with Gasteiger partial charge >= 0.3 is 0 Å². The van der Waals surface area contributed by atoms with Crippen molar-refractivity contribution >= 4 is 27.2 Å². The molecule has 6 heteroatoms. The average Bonchev–Trinajstić information content (AvgIpc) is 3.27. The van der Waals surface area contributed by atoms with Crippen LogP contribution in [-0.2, 0) is 7.05 Å². The van der Waals surface area contributed by atoms with Crippen molar-refractivity contribution < 1.29 is 0 Å². The predicted molar refractivity (Wildman–Crippen MR) is 101 cm³/mol. The van der Waals surface area contributed by atoms with E-state index in [0.29, 0.717) is 5.92 Å². The monoisotopic (exact) mass is 351 g/mol. The lowest BCUT2D eigenvalue weighted by Gasteiger charge is -2.19. The van der Waals surface area contributed by atoms with Crippen molar-refractivity contribution in [3.8, 4) is 10.6 Å². The Balaban J connectivity index is 1.53. The molecular formula is C19H21N5S. The molecule has 0 aliphatic heterocycles. The molecule has 1 fully saturated rings. The lowest BCUT2D eigenvalue weighted by Crippen LogP contribution is -2.04. The molecule has 0 amide bonds. The number of hydrogen-bond donors (Lipinski definition) is 0. The van der Waals surface area contributed by atoms with E-state index in [0.717, 1.165) is 26.4 Å². The Kier molecular flexibility index (Phi) is 3.41. The first kappa shape index (κ1) is 15.1. The van der Waals surface area contributed by atoms with Crippen LogP contribution in [0.15, 0.2) is 24.5 Å². The molecule has 25 heavy (non-hydrogen) atoms. The summed E-state index contributed by atoms with van der Waals surface area (Å²) in [6.07, 6.45) is 10.8. The Morgan fingerprint density at radius 2 is 1.92 bits per heavy atom. The Hall–Kier alpha value is -2.21. The molecule has 0 spiro atoms. The van der Waals surface area contributed by atoms with Crippen molar-refractivity contribution in [1.82, 2.24) is 24.4 Å². The molecular weight excluding hydrogens is 330 g/mol. The van der Waals surface area contributed by atoms with Crippen LogP contribution < -0.4 is 0 Å². The molecule has 3 heterocycles. The van der Waals surface area contributed by atoms with Crippen LogP contribution in [0.3, 0.4) is 0 Å². The Labute approximate surface area is 150 Å². The molecule has 0 atom stereocenters. The molecule has 0 N–H and O–H groups in total. The van der Waals surface area contributed by atoms with Gasteiger partial charge < -0.3 is 0 Å². The van der Waals surface area contributed by atoms with E-state index in [1.54, 1.807) is 11.3 Å². The maximum absolute atomic E-state index is 4.87. The summed E-state index contributed by atoms with van der Waals surface area (Å²) in [6.45, 7) is 2.11. The number of rotatable bonds is 2. The van der Waals surface area contributed by atoms with Crippen molar-refractivity contribution in [2.45, 2.75) is 44.9 Å². The first-order valence-corrected chi connectivity index (χ1v) is 9.79. The van der Waals surface area contributed by atoms with Crippen LogP contribution in [0.5, 0.6) is 0 Å². The van der Waals surface area contributed by atoms with E-state index >= 15 is 0 Å². The van der Waals surface area contributed by atoms with Crippen molar-refractivity contribution in [3.05, 3.63) is 35.8 Å². The highest BCUT2D eigenvalue weighted by atomic mass is 32.1. The fourth-order valence-electron chi connectivity index (χ4n) is 3.98. The fourth-order valence-corrected chi connectivity index (χ4v) is 4.86. The van der Waals surface area contributed by atoms with Crippen LogP contribution in [0.1, 0.15) is 49.3 Å². The lowest BCUT2D eigenvalue weighted by atomic mass is 9.87. The van der Waals surface area contributed by atoms with Gasteiger partial charge in [-0.25, -0.2) is 9.50 Å². The minimum absolute atomic E-state index is 0.625. The third-order valence-electron chi connectivity index (χ3n) is 5.25. The van der Waals surface area contributed by atoms with Crippen LogP contribution >= 0.6 is 11.3 Å². The van der Waals surface area contributed by atoms with Gasteiger partial charge in [-0.15, -0.1) is 0 Å². The molecule has 128 valence electrons. The van der Waals surface area contributed by atoms with Crippen molar-refractivity contribution in [1.29, 1.82) is 0 Å². The van der Waals surface area contributed by atoms with Crippen LogP contribution in [0.25, 0.3) is 26.4 Å². The zero-order valence-electron chi connectivity index (χ0n) is 14.6. The molecule has 1 aliphatic carbocycles. The summed E-state index contributed by atoms with van der Waals surface area (Å²) < 4.78 is 3.83. The highest BCUT2D eigenvalue weighted by Crippen LogP contribution is 2.34. The normalized spacial score (nSPS) is 16.2. The van der Waals surface area contributed by atoms with E-state index in [9.17, 15) is 0 Å². The smallest absolute Gasteiger partial charge is 0.212 e. The highest BCUT2D eigenvalue weighted by Gasteiger charge is 2.20. The van der Waals surface area contributed by atoms with Crippen molar-refractivity contribution in [2.75, 3.05) is 0 Å². The standard InChI is InChI=1S/C19H21N5S/c1-12-8-14(9-15-10-23(2)21-17(12)15)18-22-24-11-16(20-19(24)25-18)13-6-4-3-5-7-13/h8-11,13H,3-7H2,1-2H3. The Morgan fingerprint density at radius 3 is 2.72 bits per heavy atom. The first-order chi connectivity index (χ1) is 12.2. The molecule has 1 aliphatic rings. The molecule has 3 aromatic heterocycles. The van der Waals surface area contributed by atoms with E-state index in [4.69, 9.17) is 10.1 Å². The summed E-state index contributed by atoms with van der Waals surface area (Å²) in [4.78, 5) is 5.87. The zero-order chi connectivity index (χ0) is 17.0. The maximum Gasteiger partial charge on any atom is 0.212 e. The minimum atomic E-state index is 0.625. The van der Waals surface area contributed by atoms with Crippen LogP contribution in [0, 0.1) is 6.92 Å². The van der Waals surface area contributed by atoms with Gasteiger partial charge in [0.05, 0.1) is 17.4 Å². The van der Waals surface area contributed by atoms with Gasteiger partial charge in [0.25, 0.3) is 0 Å². The molecule has 1 aromatic carbocycles. The topological polar surface area (TPSA) is 48.0 Å². The molecule has 1 saturated carbocycles. The van der Waals surface area contributed by atoms with E-state index in [1.165, 1.54) is 43.4 Å². The van der Waals surface area contributed by atoms with E-state index in [2.05, 4.69) is 36.5 Å². The van der Waals surface area contributed by atoms with Crippen molar-refractivity contribution in [3.63, 3.8) is 0 Å². The number of aryl methyl sites for hydroxylation is 2. The predicted octanol–water partition coefficient (Wildman–Crippen LogP) is 4.70. The number of aromatic nitrogens is 5. The van der Waals surface area contributed by atoms with Gasteiger partial charge in [-0.3, -0.25) is 4.68 Å². The maximum atomic E-state index is 4.87. The van der Waals surface area contributed by atoms with E-state index in [1.807, 2.05) is 16.2 Å². The number of benzene rings is 1. The molecule has 4 aromatic rings. The number of imidazole rings is 1. The molecule has 0 unspecified atom stereocenters. The van der Waals surface area contributed by atoms with Gasteiger partial charge in [0.2, 0.25) is 4.96 Å². The van der Waals surface area contributed by atoms with E-state index in [-0.39, 0.29) is 0 Å². The summed E-state index contributed by atoms with van der Waals surface area (Å²) in [5.74, 6) is 0.625. The average molecular weight is 351 g/mol. The minimum Gasteiger partial charge on any atom is -0.275 e. The SMILES string of the molecule is Cc1cc(-c2nn3cc(C4CCCCC4)nc3s2)cc2cn(C)nc12. The summed E-state index contributed by atoms with van der Waals surface area (Å²) in [6, 6.07) is 4.35. The summed E-state index contributed by atoms with van der Waals surface area (Å²) in [5.41, 5.74) is 4.62. The fraction of sp³-hybridized carbons (Fsp3) is 0.421. The summed E-state index contributed by atoms with van der Waals surface area (Å²) in [5, 5.41) is 11.5. The Bertz CT molecular complexity index is 1030. The summed E-state index contributed by atoms with van der Waals surface area (Å²) >= 11 is 1.67. The first-order valence-electron chi connectivity index (χ1n) is 8.98. The van der Waals surface area contributed by atoms with Crippen LogP contribution in [-0.4, -0.2) is 24.4 Å². The molecule has 0 saturated heterocycles.